The van der Waals surface area contributed by atoms with Gasteiger partial charge in [0.1, 0.15) is 75.6 Å². The number of rotatable bonds is 17. The summed E-state index contributed by atoms with van der Waals surface area (Å²) in [6.45, 7) is 32.8. The fourth-order valence-electron chi connectivity index (χ4n) is 15.7. The highest BCUT2D eigenvalue weighted by atomic mass is 35.5. The molecule has 12 aromatic carbocycles. The van der Waals surface area contributed by atoms with Crippen molar-refractivity contribution in [1.82, 2.24) is 24.9 Å². The lowest BCUT2D eigenvalue weighted by molar-refractivity contribution is -0.120. The predicted molar refractivity (Wildman–Crippen MR) is 544 cm³/mol. The van der Waals surface area contributed by atoms with Gasteiger partial charge in [-0.3, -0.25) is 14.4 Å². The number of ether oxygens (including phenoxy) is 4. The van der Waals surface area contributed by atoms with Crippen molar-refractivity contribution in [3.05, 3.63) is 384 Å². The van der Waals surface area contributed by atoms with Gasteiger partial charge in [0.2, 0.25) is 5.89 Å². The molecular weight excluding hydrogens is 1750 g/mol. The normalized spacial score (nSPS) is 12.9. The van der Waals surface area contributed by atoms with Crippen LogP contribution in [-0.4, -0.2) is 56.5 Å². The van der Waals surface area contributed by atoms with Crippen molar-refractivity contribution < 1.29 is 51.1 Å². The first-order valence-corrected chi connectivity index (χ1v) is 47.7. The zero-order valence-electron chi connectivity index (χ0n) is 79.7. The van der Waals surface area contributed by atoms with Gasteiger partial charge in [0, 0.05) is 84.4 Å². The highest BCUT2D eigenvalue weighted by molar-refractivity contribution is 7.13. The average molecular weight is 1870 g/mol. The number of benzene rings is 12. The molecule has 2 aliphatic heterocycles. The van der Waals surface area contributed by atoms with Crippen LogP contribution in [0, 0.1) is 24.5 Å². The van der Waals surface area contributed by atoms with E-state index in [9.17, 15) is 23.2 Å². The molecule has 1 atom stereocenters. The van der Waals surface area contributed by atoms with Crippen molar-refractivity contribution in [3.63, 3.8) is 0 Å². The van der Waals surface area contributed by atoms with E-state index in [-0.39, 0.29) is 35.0 Å². The highest BCUT2D eigenvalue weighted by Crippen LogP contribution is 2.42. The third-order valence-corrected chi connectivity index (χ3v) is 25.2. The number of oxazole rings is 1. The molecule has 1 unspecified atom stereocenters. The molecule has 16 aromatic rings. The standard InChI is InChI=1S/C20H21NO3.C18H16ClFN2.C18H18O2.C17H16O2.C16H14FNO.C15H20O.C12H12ClNS/c1-13(2)20-18(14-5-9-16(22-3)10-6-14)19(21-24-20)15-7-11-17(23-4)12-8-15;1-12(2)18-17(13-3-5-14(19)6-4-13)11-22(21-18)16-9-7-15(20)8-10-16;1-11(2)13-6-7-17-16(9-13)18(19)15-8-12(3)4-5-14(15)10-20-17;1-11(2)12-7-8-16-15(9-12)17(18)14-6-4-3-5-13(14)10-19-16;1-10(2)12-5-8-15-14(9-12)18-16(19-15)11-3-6-13(17)7-4-11;1-11(2)13-8-6-12(7-9-13)10-14-4-3-5-15(14)16;1-8(2)11-7-15-12(14-11)9-3-5-10(13)6-4-9/h5-13H,1-4H3;3-12H,1-2H3;4-9,11H,10H2,1-3H3;3-9,11H,10H2,1-2H3;3-10H,1-2H3;6-9,11,14H,3-5,10H2,1-2H3;3-8H,1-2H3. The quantitative estimate of drug-likeness (QED) is 0.0844. The first-order valence-electron chi connectivity index (χ1n) is 46.1. The van der Waals surface area contributed by atoms with Gasteiger partial charge in [-0.1, -0.05) is 246 Å². The van der Waals surface area contributed by atoms with Crippen LogP contribution >= 0.6 is 34.5 Å². The Morgan fingerprint density at radius 1 is 0.474 bits per heavy atom. The molecule has 0 amide bonds. The predicted octanol–water partition coefficient (Wildman–Crippen LogP) is 31.8. The van der Waals surface area contributed by atoms with E-state index in [0.717, 1.165) is 165 Å². The number of Topliss-reactive ketones (excluding diaryl/α,β-unsaturated/α-hetero) is 1. The Morgan fingerprint density at radius 3 is 1.52 bits per heavy atom. The van der Waals surface area contributed by atoms with Gasteiger partial charge in [-0.15, -0.1) is 11.3 Å². The Balaban J connectivity index is 0.000000134. The van der Waals surface area contributed by atoms with Gasteiger partial charge in [0.05, 0.1) is 48.0 Å². The summed E-state index contributed by atoms with van der Waals surface area (Å²) in [5.41, 5.74) is 24.7. The van der Waals surface area contributed by atoms with Crippen molar-refractivity contribution in [1.29, 1.82) is 0 Å². The molecule has 14 nitrogen and oxygen atoms in total. The monoisotopic (exact) mass is 1860 g/mol. The summed E-state index contributed by atoms with van der Waals surface area (Å²) in [6.07, 6.45) is 5.90. The van der Waals surface area contributed by atoms with E-state index in [1.54, 1.807) is 54.5 Å². The van der Waals surface area contributed by atoms with E-state index in [1.807, 2.05) is 207 Å². The molecule has 1 saturated carbocycles. The molecule has 694 valence electrons. The number of aromatic nitrogens is 5. The lowest BCUT2D eigenvalue weighted by Gasteiger charge is -2.10. The molecule has 1 aliphatic carbocycles. The second-order valence-electron chi connectivity index (χ2n) is 36.1. The summed E-state index contributed by atoms with van der Waals surface area (Å²) in [5, 5.41) is 13.7. The maximum Gasteiger partial charge on any atom is 0.227 e. The Hall–Kier alpha value is -13.2. The summed E-state index contributed by atoms with van der Waals surface area (Å²) >= 11 is 13.5. The fraction of sp³-hybridized carbons (Fsp3) is 0.267. The SMILES string of the molecule is CC(C)c1ccc(CC2CCCC2=O)cc1.CC(C)c1ccc2c(c1)C(=O)c1ccccc1CO2.CC(C)c1ccc2oc(-c3ccc(F)cc3)nc2c1.CC(C)c1csc(-c2ccc(Cl)cc2)n1.CC(C)c1nn(-c2ccc(F)cc2)cc1-c1ccc(Cl)cc1.COc1ccc(-c2noc(C(C)C)c2-c2ccc(OC)cc2)cc1.Cc1ccc2c(c1)C(=O)c1cc(C(C)C)ccc1OC2. The zero-order valence-corrected chi connectivity index (χ0v) is 82.1. The van der Waals surface area contributed by atoms with Crippen molar-refractivity contribution in [2.75, 3.05) is 14.2 Å². The number of nitrogens with zero attached hydrogens (tertiary/aromatic N) is 5. The van der Waals surface area contributed by atoms with Crippen molar-refractivity contribution in [3.8, 4) is 84.2 Å². The van der Waals surface area contributed by atoms with Crippen LogP contribution in [0.4, 0.5) is 8.78 Å². The third kappa shape index (κ3) is 25.7. The number of halogens is 4. The van der Waals surface area contributed by atoms with Gasteiger partial charge in [-0.05, 0) is 252 Å². The largest absolute Gasteiger partial charge is 0.497 e. The number of carbonyl (C=O) groups is 3. The number of hydrogen-bond acceptors (Lipinski definition) is 14. The molecule has 0 N–H and O–H groups in total. The average Bonchev–Trinajstić information content (AvgIpc) is 1.65. The second kappa shape index (κ2) is 46.2. The smallest absolute Gasteiger partial charge is 0.227 e. The zero-order chi connectivity index (χ0) is 96.3. The number of hydrogen-bond donors (Lipinski definition) is 0. The minimum atomic E-state index is -0.262. The van der Waals surface area contributed by atoms with Gasteiger partial charge >= 0.3 is 0 Å². The van der Waals surface area contributed by atoms with Crippen molar-refractivity contribution in [2.45, 2.75) is 184 Å². The number of fused-ring (bicyclic) bond motifs is 5. The Labute approximate surface area is 806 Å². The molecule has 19 heteroatoms. The molecule has 6 heterocycles. The molecule has 0 radical (unpaired) electrons. The molecule has 4 aromatic heterocycles. The lowest BCUT2D eigenvalue weighted by atomic mass is 9.94. The molecule has 0 saturated heterocycles. The third-order valence-electron chi connectivity index (χ3n) is 23.8. The van der Waals surface area contributed by atoms with Gasteiger partial charge in [-0.2, -0.15) is 5.10 Å². The maximum atomic E-state index is 13.1. The van der Waals surface area contributed by atoms with Crippen molar-refractivity contribution in [2.24, 2.45) is 5.92 Å². The number of thiazole rings is 1. The molecular formula is C116H117Cl2F2N5O9S. The number of aryl methyl sites for hydroxylation is 1. The van der Waals surface area contributed by atoms with Crippen LogP contribution in [0.5, 0.6) is 23.0 Å². The van der Waals surface area contributed by atoms with Crippen LogP contribution in [0.15, 0.2) is 287 Å². The summed E-state index contributed by atoms with van der Waals surface area (Å²) in [6, 6.07) is 84.0. The van der Waals surface area contributed by atoms with Crippen LogP contribution in [0.1, 0.15) is 251 Å². The Kier molecular flexibility index (Phi) is 34.0. The van der Waals surface area contributed by atoms with E-state index < -0.39 is 0 Å². The first kappa shape index (κ1) is 99.3. The minimum Gasteiger partial charge on any atom is -0.497 e. The first-order chi connectivity index (χ1) is 64.9. The molecule has 1 fully saturated rings. The lowest BCUT2D eigenvalue weighted by Crippen LogP contribution is -2.09. The molecule has 19 rings (SSSR count). The van der Waals surface area contributed by atoms with Gasteiger partial charge in [0.25, 0.3) is 0 Å². The van der Waals surface area contributed by atoms with E-state index >= 15 is 0 Å². The van der Waals surface area contributed by atoms with E-state index in [1.165, 1.54) is 41.0 Å². The van der Waals surface area contributed by atoms with E-state index in [2.05, 4.69) is 147 Å². The van der Waals surface area contributed by atoms with Crippen LogP contribution in [0.25, 0.3) is 72.3 Å². The molecule has 0 spiro atoms. The topological polar surface area (TPSA) is 171 Å². The number of ketones is 3. The fourth-order valence-corrected chi connectivity index (χ4v) is 16.9. The highest BCUT2D eigenvalue weighted by Gasteiger charge is 2.28. The second-order valence-corrected chi connectivity index (χ2v) is 37.8. The van der Waals surface area contributed by atoms with Gasteiger partial charge < -0.3 is 27.9 Å². The summed E-state index contributed by atoms with van der Waals surface area (Å²) in [4.78, 5) is 46.0. The molecule has 0 bridgehead atoms. The van der Waals surface area contributed by atoms with E-state index in [0.29, 0.717) is 88.0 Å². The van der Waals surface area contributed by atoms with Gasteiger partial charge in [0.15, 0.2) is 17.1 Å². The maximum absolute atomic E-state index is 13.1. The molecule has 135 heavy (non-hydrogen) atoms. The minimum absolute atomic E-state index is 0.0607. The van der Waals surface area contributed by atoms with Crippen molar-refractivity contribution >= 4 is 63.0 Å². The van der Waals surface area contributed by atoms with E-state index in [4.69, 9.17) is 51.1 Å². The van der Waals surface area contributed by atoms with Crippen LogP contribution in [0.3, 0.4) is 0 Å². The van der Waals surface area contributed by atoms with Gasteiger partial charge in [-0.25, -0.2) is 23.4 Å². The number of methoxy groups -OCH3 is 2. The summed E-state index contributed by atoms with van der Waals surface area (Å²) < 4.78 is 61.2. The van der Waals surface area contributed by atoms with Crippen LogP contribution in [-0.2, 0) is 24.4 Å². The Bertz CT molecular complexity index is 6680. The Morgan fingerprint density at radius 2 is 0.985 bits per heavy atom. The number of carbonyl (C=O) groups excluding carboxylic acids is 3. The van der Waals surface area contributed by atoms with Crippen LogP contribution in [0.2, 0.25) is 10.0 Å². The van der Waals surface area contributed by atoms with Crippen LogP contribution < -0.4 is 18.9 Å². The molecule has 3 aliphatic rings. The summed E-state index contributed by atoms with van der Waals surface area (Å²) in [5.74, 6) is 7.64. The summed E-state index contributed by atoms with van der Waals surface area (Å²) in [7, 11) is 3.32.